The molecule has 1 fully saturated rings. The Morgan fingerprint density at radius 3 is 1.05 bits per heavy atom. The van der Waals surface area contributed by atoms with Crippen molar-refractivity contribution in [2.45, 2.75) is 43.0 Å². The molecule has 0 amide bonds. The molecule has 44 heavy (non-hydrogen) atoms. The van der Waals surface area contributed by atoms with Crippen molar-refractivity contribution in [3.05, 3.63) is 194 Å². The summed E-state index contributed by atoms with van der Waals surface area (Å²) in [6.07, 6.45) is 9.63. The van der Waals surface area contributed by atoms with E-state index in [4.69, 9.17) is 9.47 Å². The second kappa shape index (κ2) is 16.0. The van der Waals surface area contributed by atoms with Gasteiger partial charge in [0.05, 0.1) is 0 Å². The predicted octanol–water partition coefficient (Wildman–Crippen LogP) is 7.70. The van der Waals surface area contributed by atoms with Gasteiger partial charge in [-0.2, -0.15) is 0 Å². The van der Waals surface area contributed by atoms with Crippen LogP contribution in [-0.4, -0.2) is 28.2 Å². The molecule has 2 N–H and O–H groups in total. The molecular formula is C39H40O4Ti-. The molecule has 0 saturated carbocycles. The summed E-state index contributed by atoms with van der Waals surface area (Å²) in [5.41, 5.74) is -0.564. The van der Waals surface area contributed by atoms with Crippen molar-refractivity contribution in [1.82, 2.24) is 0 Å². The van der Waals surface area contributed by atoms with E-state index in [1.165, 1.54) is 6.08 Å². The quantitative estimate of drug-likeness (QED) is 0.171. The number of aliphatic hydroxyl groups is 2. The van der Waals surface area contributed by atoms with Crippen molar-refractivity contribution >= 4 is 0 Å². The van der Waals surface area contributed by atoms with E-state index < -0.39 is 29.2 Å². The van der Waals surface area contributed by atoms with Gasteiger partial charge in [0.2, 0.25) is 0 Å². The Morgan fingerprint density at radius 1 is 0.591 bits per heavy atom. The third kappa shape index (κ3) is 7.78. The molecule has 2 aliphatic rings. The van der Waals surface area contributed by atoms with Crippen molar-refractivity contribution < 1.29 is 41.4 Å². The van der Waals surface area contributed by atoms with Crippen LogP contribution in [0.5, 0.6) is 0 Å². The first-order valence-electron chi connectivity index (χ1n) is 14.4. The molecular weight excluding hydrogens is 580 g/mol. The maximum Gasteiger partial charge on any atom is 0.164 e. The number of benzene rings is 4. The molecule has 1 heterocycles. The third-order valence-corrected chi connectivity index (χ3v) is 7.33. The van der Waals surface area contributed by atoms with Crippen LogP contribution in [0, 0.1) is 13.3 Å². The minimum atomic E-state index is -1.60. The molecule has 1 saturated heterocycles. The van der Waals surface area contributed by atoms with Gasteiger partial charge < -0.3 is 19.7 Å². The predicted molar refractivity (Wildman–Crippen MR) is 174 cm³/mol. The van der Waals surface area contributed by atoms with Gasteiger partial charge in [-0.15, -0.1) is 0 Å². The van der Waals surface area contributed by atoms with Gasteiger partial charge in [-0.3, -0.25) is 0 Å². The van der Waals surface area contributed by atoms with Crippen LogP contribution in [-0.2, 0) is 42.4 Å². The van der Waals surface area contributed by atoms with Crippen LogP contribution in [0.25, 0.3) is 0 Å². The zero-order chi connectivity index (χ0) is 30.8. The SMILES string of the molecule is C=C[CH2-].CC1(C)O[C@H](C(O)(c2ccccc2)c2ccccc2)[C@@H](C(O)(c2ccccc2)c2ccccc2)O1.[CH]1C=CC=C1.[Ti]. The van der Waals surface area contributed by atoms with Gasteiger partial charge in [0.1, 0.15) is 23.4 Å². The van der Waals surface area contributed by atoms with Gasteiger partial charge in [0.15, 0.2) is 5.79 Å². The van der Waals surface area contributed by atoms with Crippen molar-refractivity contribution in [3.8, 4) is 0 Å². The molecule has 225 valence electrons. The first-order chi connectivity index (χ1) is 20.8. The molecule has 0 unspecified atom stereocenters. The normalized spacial score (nSPS) is 18.2. The van der Waals surface area contributed by atoms with Gasteiger partial charge in [-0.1, -0.05) is 146 Å². The van der Waals surface area contributed by atoms with Crippen molar-refractivity contribution in [2.75, 3.05) is 0 Å². The second-order valence-corrected chi connectivity index (χ2v) is 10.7. The van der Waals surface area contributed by atoms with Crippen LogP contribution in [0.15, 0.2) is 158 Å². The topological polar surface area (TPSA) is 58.9 Å². The fraction of sp³-hybridized carbons (Fsp3) is 0.179. The van der Waals surface area contributed by atoms with Gasteiger partial charge in [-0.25, -0.2) is 19.6 Å². The summed E-state index contributed by atoms with van der Waals surface area (Å²) in [6.45, 7) is 10.1. The monoisotopic (exact) mass is 620 g/mol. The molecule has 4 aromatic rings. The number of hydrogen-bond acceptors (Lipinski definition) is 4. The first kappa shape index (κ1) is 35.0. The van der Waals surface area contributed by atoms with Gasteiger partial charge in [0, 0.05) is 28.1 Å². The van der Waals surface area contributed by atoms with Gasteiger partial charge in [0.25, 0.3) is 0 Å². The Balaban J connectivity index is 0.000000519. The number of rotatable bonds is 6. The Labute approximate surface area is 277 Å². The average molecular weight is 621 g/mol. The van der Waals surface area contributed by atoms with E-state index in [1.54, 1.807) is 0 Å². The molecule has 5 heteroatoms. The summed E-state index contributed by atoms with van der Waals surface area (Å²) in [5, 5.41) is 25.2. The molecule has 2 atom stereocenters. The largest absolute Gasteiger partial charge is 0.378 e. The van der Waals surface area contributed by atoms with Crippen LogP contribution in [0.4, 0.5) is 0 Å². The maximum absolute atomic E-state index is 12.6. The number of ether oxygens (including phenoxy) is 2. The third-order valence-electron chi connectivity index (χ3n) is 7.33. The summed E-state index contributed by atoms with van der Waals surface area (Å²) >= 11 is 0. The van der Waals surface area contributed by atoms with E-state index >= 15 is 0 Å². The molecule has 6 rings (SSSR count). The van der Waals surface area contributed by atoms with Crippen LogP contribution in [0.3, 0.4) is 0 Å². The van der Waals surface area contributed by atoms with E-state index in [1.807, 2.05) is 166 Å². The van der Waals surface area contributed by atoms with Crippen molar-refractivity contribution in [2.24, 2.45) is 0 Å². The van der Waals surface area contributed by atoms with E-state index in [0.717, 1.165) is 0 Å². The molecule has 4 nitrogen and oxygen atoms in total. The van der Waals surface area contributed by atoms with Crippen molar-refractivity contribution in [3.63, 3.8) is 0 Å². The molecule has 4 aromatic carbocycles. The van der Waals surface area contributed by atoms with Gasteiger partial charge in [-0.05, 0) is 36.1 Å². The Morgan fingerprint density at radius 2 is 0.841 bits per heavy atom. The Bertz CT molecular complexity index is 1280. The van der Waals surface area contributed by atoms with Crippen LogP contribution in [0.1, 0.15) is 36.1 Å². The van der Waals surface area contributed by atoms with Gasteiger partial charge >= 0.3 is 0 Å². The van der Waals surface area contributed by atoms with E-state index in [-0.39, 0.29) is 21.7 Å². The molecule has 1 aliphatic heterocycles. The zero-order valence-electron chi connectivity index (χ0n) is 25.3. The number of allylic oxidation sites excluding steroid dienone is 5. The molecule has 1 radical (unpaired) electrons. The smallest absolute Gasteiger partial charge is 0.164 e. The second-order valence-electron chi connectivity index (χ2n) is 10.7. The fourth-order valence-corrected chi connectivity index (χ4v) is 5.45. The average Bonchev–Trinajstić information content (AvgIpc) is 3.75. The summed E-state index contributed by atoms with van der Waals surface area (Å²) in [7, 11) is 0. The summed E-state index contributed by atoms with van der Waals surface area (Å²) < 4.78 is 13.0. The standard InChI is InChI=1S/C31H30O4.C5H5.C3H5.Ti/c1-29(2)34-27(30(32,23-15-7-3-8-16-23)24-17-9-4-10-18-24)28(35-29)31(33,25-19-11-5-12-20-25)26-21-13-6-14-22-26;1-2-4-5-3-1;1-3-2;/h3-22,27-28,32-33H,1-2H3;1-5H;3H,1-2H2;/q;;-1;/t27-,28-;;;/m0.../s1. The number of hydrogen-bond donors (Lipinski definition) is 2. The molecule has 0 bridgehead atoms. The minimum Gasteiger partial charge on any atom is -0.378 e. The van der Waals surface area contributed by atoms with E-state index in [9.17, 15) is 10.2 Å². The fourth-order valence-electron chi connectivity index (χ4n) is 5.45. The molecule has 1 aliphatic carbocycles. The van der Waals surface area contributed by atoms with Crippen LogP contribution >= 0.6 is 0 Å². The Kier molecular flexibility index (Phi) is 12.7. The summed E-state index contributed by atoms with van der Waals surface area (Å²) in [6, 6.07) is 37.8. The minimum absolute atomic E-state index is 0. The maximum atomic E-state index is 12.6. The summed E-state index contributed by atoms with van der Waals surface area (Å²) in [5.74, 6) is -1.05. The van der Waals surface area contributed by atoms with Crippen LogP contribution < -0.4 is 0 Å². The van der Waals surface area contributed by atoms with E-state index in [2.05, 4.69) is 13.5 Å². The zero-order valence-corrected chi connectivity index (χ0v) is 26.9. The summed E-state index contributed by atoms with van der Waals surface area (Å²) in [4.78, 5) is 0. The molecule has 0 spiro atoms. The van der Waals surface area contributed by atoms with Crippen molar-refractivity contribution in [1.29, 1.82) is 0 Å². The Hall–Kier alpha value is -3.48. The molecule has 0 aromatic heterocycles. The van der Waals surface area contributed by atoms with E-state index in [0.29, 0.717) is 22.3 Å². The first-order valence-corrected chi connectivity index (χ1v) is 14.4. The van der Waals surface area contributed by atoms with Crippen LogP contribution in [0.2, 0.25) is 0 Å².